The summed E-state index contributed by atoms with van der Waals surface area (Å²) in [6, 6.07) is 8.01. The molecule has 0 unspecified atom stereocenters. The molecule has 0 radical (unpaired) electrons. The van der Waals surface area contributed by atoms with Crippen LogP contribution in [-0.4, -0.2) is 53.8 Å². The lowest BCUT2D eigenvalue weighted by atomic mass is 9.99. The molecule has 1 saturated heterocycles. The van der Waals surface area contributed by atoms with E-state index in [0.717, 1.165) is 31.2 Å². The molecule has 1 aromatic rings. The van der Waals surface area contributed by atoms with E-state index in [1.54, 1.807) is 0 Å². The summed E-state index contributed by atoms with van der Waals surface area (Å²) in [5.41, 5.74) is 8.04. The number of nitrogens with two attached hydrogens (primary N) is 1. The molecule has 5 nitrogen and oxygen atoms in total. The Kier molecular flexibility index (Phi) is 7.47. The highest BCUT2D eigenvalue weighted by Crippen LogP contribution is 2.27. The summed E-state index contributed by atoms with van der Waals surface area (Å²) in [6.07, 6.45) is 4.78. The smallest absolute Gasteiger partial charge is 0.253 e. The van der Waals surface area contributed by atoms with E-state index < -0.39 is 0 Å². The highest BCUT2D eigenvalue weighted by atomic mass is 35.5. The second kappa shape index (κ2) is 9.38. The molecule has 2 aliphatic rings. The van der Waals surface area contributed by atoms with E-state index in [9.17, 15) is 9.59 Å². The van der Waals surface area contributed by atoms with Crippen LogP contribution in [0.15, 0.2) is 24.3 Å². The molecule has 26 heavy (non-hydrogen) atoms. The Morgan fingerprint density at radius 2 is 1.65 bits per heavy atom. The van der Waals surface area contributed by atoms with Gasteiger partial charge in [0.15, 0.2) is 0 Å². The zero-order valence-electron chi connectivity index (χ0n) is 15.5. The molecule has 2 amide bonds. The van der Waals surface area contributed by atoms with Gasteiger partial charge < -0.3 is 15.5 Å². The van der Waals surface area contributed by atoms with Crippen molar-refractivity contribution in [1.29, 1.82) is 0 Å². The first kappa shape index (κ1) is 20.7. The summed E-state index contributed by atoms with van der Waals surface area (Å²) in [7, 11) is 0. The predicted molar refractivity (Wildman–Crippen MR) is 105 cm³/mol. The number of aryl methyl sites for hydroxylation is 1. The second-order valence-corrected chi connectivity index (χ2v) is 7.28. The maximum absolute atomic E-state index is 12.6. The number of benzene rings is 1. The number of amides is 2. The first-order valence-corrected chi connectivity index (χ1v) is 9.50. The Morgan fingerprint density at radius 3 is 2.19 bits per heavy atom. The van der Waals surface area contributed by atoms with Crippen LogP contribution >= 0.6 is 12.4 Å². The Hall–Kier alpha value is -1.59. The Labute approximate surface area is 162 Å². The average Bonchev–Trinajstić information content (AvgIpc) is 3.06. The van der Waals surface area contributed by atoms with Crippen LogP contribution in [0.3, 0.4) is 0 Å². The van der Waals surface area contributed by atoms with E-state index in [1.807, 2.05) is 34.1 Å². The quantitative estimate of drug-likeness (QED) is 0.873. The van der Waals surface area contributed by atoms with Crippen molar-refractivity contribution in [3.63, 3.8) is 0 Å². The molecule has 2 fully saturated rings. The summed E-state index contributed by atoms with van der Waals surface area (Å²) in [5.74, 6) is 0.596. The third-order valence-electron chi connectivity index (χ3n) is 5.68. The standard InChI is InChI=1S/C20H29N3O2.ClH/c1-2-15-6-8-16(9-7-15)20(25)23-12-10-22(11-13-23)19(24)14-17-4-3-5-18(17)21;/h6-9,17-18H,2-5,10-14,21H2,1H3;1H/t17-,18+;/m0./s1. The van der Waals surface area contributed by atoms with Crippen LogP contribution in [0.25, 0.3) is 0 Å². The third-order valence-corrected chi connectivity index (χ3v) is 5.68. The van der Waals surface area contributed by atoms with Gasteiger partial charge in [0.25, 0.3) is 5.91 Å². The van der Waals surface area contributed by atoms with Crippen LogP contribution in [-0.2, 0) is 11.2 Å². The van der Waals surface area contributed by atoms with Crippen LogP contribution in [0.1, 0.15) is 48.5 Å². The van der Waals surface area contributed by atoms with Gasteiger partial charge in [-0.1, -0.05) is 25.5 Å². The van der Waals surface area contributed by atoms with Gasteiger partial charge in [-0.05, 0) is 42.9 Å². The normalized spacial score (nSPS) is 22.8. The van der Waals surface area contributed by atoms with Crippen LogP contribution in [0, 0.1) is 5.92 Å². The molecule has 1 saturated carbocycles. The van der Waals surface area contributed by atoms with Crippen LogP contribution in [0.4, 0.5) is 0 Å². The van der Waals surface area contributed by atoms with E-state index in [0.29, 0.717) is 38.5 Å². The molecule has 1 heterocycles. The zero-order chi connectivity index (χ0) is 17.8. The highest BCUT2D eigenvalue weighted by Gasteiger charge is 2.30. The van der Waals surface area contributed by atoms with E-state index in [1.165, 1.54) is 5.56 Å². The summed E-state index contributed by atoms with van der Waals surface area (Å²) in [5, 5.41) is 0. The number of hydrogen-bond acceptors (Lipinski definition) is 3. The molecule has 2 N–H and O–H groups in total. The number of nitrogens with zero attached hydrogens (tertiary/aromatic N) is 2. The first-order chi connectivity index (χ1) is 12.1. The number of piperazine rings is 1. The fraction of sp³-hybridized carbons (Fsp3) is 0.600. The average molecular weight is 380 g/mol. The number of rotatable bonds is 4. The molecule has 144 valence electrons. The molecule has 6 heteroatoms. The minimum atomic E-state index is 0. The molecule has 0 aromatic heterocycles. The van der Waals surface area contributed by atoms with E-state index in [4.69, 9.17) is 5.73 Å². The van der Waals surface area contributed by atoms with Gasteiger partial charge in [-0.15, -0.1) is 12.4 Å². The third kappa shape index (κ3) is 4.77. The lowest BCUT2D eigenvalue weighted by molar-refractivity contribution is -0.133. The van der Waals surface area contributed by atoms with Gasteiger partial charge >= 0.3 is 0 Å². The van der Waals surface area contributed by atoms with Gasteiger partial charge in [0, 0.05) is 44.2 Å². The minimum Gasteiger partial charge on any atom is -0.339 e. The van der Waals surface area contributed by atoms with Gasteiger partial charge in [0.2, 0.25) is 5.91 Å². The van der Waals surface area contributed by atoms with Crippen LogP contribution in [0.5, 0.6) is 0 Å². The fourth-order valence-corrected chi connectivity index (χ4v) is 3.90. The van der Waals surface area contributed by atoms with E-state index in [-0.39, 0.29) is 30.3 Å². The minimum absolute atomic E-state index is 0. The largest absolute Gasteiger partial charge is 0.339 e. The number of hydrogen-bond donors (Lipinski definition) is 1. The van der Waals surface area contributed by atoms with Crippen molar-refractivity contribution in [1.82, 2.24) is 9.80 Å². The van der Waals surface area contributed by atoms with Crippen molar-refractivity contribution < 1.29 is 9.59 Å². The van der Waals surface area contributed by atoms with Crippen molar-refractivity contribution in [2.75, 3.05) is 26.2 Å². The summed E-state index contributed by atoms with van der Waals surface area (Å²) in [4.78, 5) is 28.8. The molecule has 0 spiro atoms. The lowest BCUT2D eigenvalue weighted by Crippen LogP contribution is -2.51. The zero-order valence-corrected chi connectivity index (χ0v) is 16.3. The topological polar surface area (TPSA) is 66.6 Å². The maximum Gasteiger partial charge on any atom is 0.253 e. The summed E-state index contributed by atoms with van der Waals surface area (Å²) in [6.45, 7) is 4.57. The highest BCUT2D eigenvalue weighted by molar-refractivity contribution is 5.94. The molecular weight excluding hydrogens is 350 g/mol. The van der Waals surface area contributed by atoms with E-state index >= 15 is 0 Å². The molecule has 1 aliphatic carbocycles. The summed E-state index contributed by atoms with van der Waals surface area (Å²) < 4.78 is 0. The van der Waals surface area contributed by atoms with Gasteiger partial charge in [-0.3, -0.25) is 9.59 Å². The number of carbonyl (C=O) groups is 2. The Balaban J connectivity index is 0.00000243. The second-order valence-electron chi connectivity index (χ2n) is 7.28. The number of carbonyl (C=O) groups excluding carboxylic acids is 2. The molecule has 1 aliphatic heterocycles. The molecule has 3 rings (SSSR count). The van der Waals surface area contributed by atoms with Crippen molar-refractivity contribution in [2.24, 2.45) is 11.7 Å². The SMILES string of the molecule is CCc1ccc(C(=O)N2CCN(C(=O)C[C@@H]3CCC[C@H]3N)CC2)cc1.Cl. The van der Waals surface area contributed by atoms with Crippen LogP contribution in [0.2, 0.25) is 0 Å². The predicted octanol–water partition coefficient (Wildman–Crippen LogP) is 2.47. The van der Waals surface area contributed by atoms with Crippen molar-refractivity contribution in [2.45, 2.75) is 45.1 Å². The maximum atomic E-state index is 12.6. The lowest BCUT2D eigenvalue weighted by Gasteiger charge is -2.35. The summed E-state index contributed by atoms with van der Waals surface area (Å²) >= 11 is 0. The number of halogens is 1. The molecular formula is C20H30ClN3O2. The monoisotopic (exact) mass is 379 g/mol. The van der Waals surface area contributed by atoms with Crippen molar-refractivity contribution in [3.8, 4) is 0 Å². The van der Waals surface area contributed by atoms with Crippen molar-refractivity contribution >= 4 is 24.2 Å². The Bertz CT molecular complexity index is 612. The fourth-order valence-electron chi connectivity index (χ4n) is 3.90. The molecule has 2 atom stereocenters. The first-order valence-electron chi connectivity index (χ1n) is 9.50. The van der Waals surface area contributed by atoms with Gasteiger partial charge in [0.05, 0.1) is 0 Å². The molecule has 0 bridgehead atoms. The van der Waals surface area contributed by atoms with Crippen LogP contribution < -0.4 is 5.73 Å². The molecule has 1 aromatic carbocycles. The van der Waals surface area contributed by atoms with Gasteiger partial charge in [0.1, 0.15) is 0 Å². The van der Waals surface area contributed by atoms with Gasteiger partial charge in [-0.25, -0.2) is 0 Å². The Morgan fingerprint density at radius 1 is 1.04 bits per heavy atom. The van der Waals surface area contributed by atoms with Crippen molar-refractivity contribution in [3.05, 3.63) is 35.4 Å². The van der Waals surface area contributed by atoms with E-state index in [2.05, 4.69) is 6.92 Å². The van der Waals surface area contributed by atoms with Gasteiger partial charge in [-0.2, -0.15) is 0 Å².